The second kappa shape index (κ2) is 6.41. The predicted octanol–water partition coefficient (Wildman–Crippen LogP) is -0.157. The van der Waals surface area contributed by atoms with Crippen molar-refractivity contribution in [3.05, 3.63) is 24.2 Å². The van der Waals surface area contributed by atoms with Crippen molar-refractivity contribution in [2.45, 2.75) is 6.04 Å². The zero-order chi connectivity index (χ0) is 16.4. The van der Waals surface area contributed by atoms with Crippen LogP contribution in [0.1, 0.15) is 11.8 Å². The fourth-order valence-electron chi connectivity index (χ4n) is 2.80. The van der Waals surface area contributed by atoms with Crippen LogP contribution in [0.2, 0.25) is 0 Å². The van der Waals surface area contributed by atoms with E-state index in [4.69, 9.17) is 9.15 Å². The normalized spacial score (nSPS) is 25.7. The number of aliphatic imine (C=N–C) groups is 1. The molecule has 1 N–H and O–H groups in total. The van der Waals surface area contributed by atoms with Gasteiger partial charge in [-0.05, 0) is 19.2 Å². The van der Waals surface area contributed by atoms with Gasteiger partial charge in [0.1, 0.15) is 11.8 Å². The van der Waals surface area contributed by atoms with E-state index in [1.54, 1.807) is 12.1 Å². The maximum absolute atomic E-state index is 12.4. The number of methoxy groups -OCH3 is 1. The molecule has 3 heterocycles. The van der Waals surface area contributed by atoms with Gasteiger partial charge in [0.25, 0.3) is 0 Å². The first-order chi connectivity index (χ1) is 11.1. The van der Waals surface area contributed by atoms with Crippen molar-refractivity contribution < 1.29 is 18.7 Å². The van der Waals surface area contributed by atoms with Gasteiger partial charge in [0.05, 0.1) is 13.4 Å². The number of amides is 1. The van der Waals surface area contributed by atoms with Crippen LogP contribution < -0.4 is 5.32 Å². The molecule has 3 rings (SSSR count). The third-order valence-electron chi connectivity index (χ3n) is 4.19. The van der Waals surface area contributed by atoms with Gasteiger partial charge >= 0.3 is 5.97 Å². The fraction of sp³-hybridized carbons (Fsp3) is 0.533. The van der Waals surface area contributed by atoms with Crippen molar-refractivity contribution in [2.24, 2.45) is 10.9 Å². The van der Waals surface area contributed by atoms with Crippen LogP contribution in [0, 0.1) is 5.92 Å². The Morgan fingerprint density at radius 1 is 1.39 bits per heavy atom. The lowest BCUT2D eigenvalue weighted by Crippen LogP contribution is -2.56. The highest BCUT2D eigenvalue weighted by Gasteiger charge is 2.43. The number of hydrogen-bond acceptors (Lipinski definition) is 7. The SMILES string of the molecule is COC(=O)[C@H]1C(=O)NC(N2CCN(C)CC2)=N[C@H]1c1ccco1. The molecule has 0 spiro atoms. The number of ether oxygens (including phenoxy) is 1. The topological polar surface area (TPSA) is 87.4 Å². The summed E-state index contributed by atoms with van der Waals surface area (Å²) >= 11 is 0. The summed E-state index contributed by atoms with van der Waals surface area (Å²) in [5.41, 5.74) is 0. The second-order valence-electron chi connectivity index (χ2n) is 5.69. The molecular formula is C15H20N4O4. The summed E-state index contributed by atoms with van der Waals surface area (Å²) in [7, 11) is 3.31. The first-order valence-corrected chi connectivity index (χ1v) is 7.53. The maximum Gasteiger partial charge on any atom is 0.320 e. The Kier molecular flexibility index (Phi) is 4.33. The number of carbonyl (C=O) groups excluding carboxylic acids is 2. The van der Waals surface area contributed by atoms with Crippen LogP contribution in [0.15, 0.2) is 27.8 Å². The molecule has 0 aliphatic carbocycles. The lowest BCUT2D eigenvalue weighted by atomic mass is 9.95. The van der Waals surface area contributed by atoms with Gasteiger partial charge in [0, 0.05) is 26.2 Å². The Labute approximate surface area is 134 Å². The number of rotatable bonds is 2. The lowest BCUT2D eigenvalue weighted by Gasteiger charge is -2.37. The zero-order valence-electron chi connectivity index (χ0n) is 13.2. The Morgan fingerprint density at radius 2 is 2.13 bits per heavy atom. The number of furan rings is 1. The second-order valence-corrected chi connectivity index (χ2v) is 5.69. The summed E-state index contributed by atoms with van der Waals surface area (Å²) < 4.78 is 10.1. The Bertz CT molecular complexity index is 605. The molecule has 1 fully saturated rings. The van der Waals surface area contributed by atoms with E-state index in [0.29, 0.717) is 11.7 Å². The minimum absolute atomic E-state index is 0.415. The summed E-state index contributed by atoms with van der Waals surface area (Å²) in [4.78, 5) is 33.2. The first kappa shape index (κ1) is 15.5. The van der Waals surface area contributed by atoms with Crippen molar-refractivity contribution in [2.75, 3.05) is 40.3 Å². The van der Waals surface area contributed by atoms with Crippen molar-refractivity contribution in [3.8, 4) is 0 Å². The molecular weight excluding hydrogens is 300 g/mol. The highest BCUT2D eigenvalue weighted by molar-refractivity contribution is 6.08. The van der Waals surface area contributed by atoms with E-state index >= 15 is 0 Å². The Morgan fingerprint density at radius 3 is 2.74 bits per heavy atom. The zero-order valence-corrected chi connectivity index (χ0v) is 13.2. The lowest BCUT2D eigenvalue weighted by molar-refractivity contribution is -0.151. The maximum atomic E-state index is 12.4. The van der Waals surface area contributed by atoms with Crippen LogP contribution in [0.5, 0.6) is 0 Å². The van der Waals surface area contributed by atoms with Gasteiger partial charge in [-0.15, -0.1) is 0 Å². The molecule has 1 saturated heterocycles. The van der Waals surface area contributed by atoms with Gasteiger partial charge < -0.3 is 19.0 Å². The van der Waals surface area contributed by atoms with E-state index in [1.807, 2.05) is 4.90 Å². The standard InChI is InChI=1S/C15H20N4O4/c1-18-5-7-19(8-6-18)15-16-12(10-4-3-9-23-10)11(13(20)17-15)14(21)22-2/h3-4,9,11-12H,5-8H2,1-2H3,(H,16,17,20)/t11-,12+/m1/s1. The van der Waals surface area contributed by atoms with E-state index in [0.717, 1.165) is 26.2 Å². The predicted molar refractivity (Wildman–Crippen MR) is 81.6 cm³/mol. The number of piperazine rings is 1. The van der Waals surface area contributed by atoms with Gasteiger partial charge in [-0.1, -0.05) is 0 Å². The van der Waals surface area contributed by atoms with Crippen molar-refractivity contribution in [3.63, 3.8) is 0 Å². The molecule has 1 amide bonds. The van der Waals surface area contributed by atoms with Crippen LogP contribution in [-0.4, -0.2) is 68.0 Å². The van der Waals surface area contributed by atoms with Crippen molar-refractivity contribution in [1.82, 2.24) is 15.1 Å². The molecule has 0 radical (unpaired) electrons. The molecule has 23 heavy (non-hydrogen) atoms. The van der Waals surface area contributed by atoms with Crippen LogP contribution in [-0.2, 0) is 14.3 Å². The number of nitrogens with one attached hydrogen (secondary N) is 1. The molecule has 0 saturated carbocycles. The van der Waals surface area contributed by atoms with Crippen molar-refractivity contribution in [1.29, 1.82) is 0 Å². The third kappa shape index (κ3) is 3.07. The van der Waals surface area contributed by atoms with Crippen LogP contribution in [0.4, 0.5) is 0 Å². The fourth-order valence-corrected chi connectivity index (χ4v) is 2.80. The Hall–Kier alpha value is -2.35. The van der Waals surface area contributed by atoms with E-state index in [9.17, 15) is 9.59 Å². The molecule has 2 aliphatic rings. The average molecular weight is 320 g/mol. The van der Waals surface area contributed by atoms with Crippen LogP contribution in [0.3, 0.4) is 0 Å². The van der Waals surface area contributed by atoms with E-state index in [2.05, 4.69) is 22.3 Å². The monoisotopic (exact) mass is 320 g/mol. The largest absolute Gasteiger partial charge is 0.468 e. The number of nitrogens with zero attached hydrogens (tertiary/aromatic N) is 3. The molecule has 0 aromatic carbocycles. The van der Waals surface area contributed by atoms with Crippen LogP contribution >= 0.6 is 0 Å². The number of hydrogen-bond donors (Lipinski definition) is 1. The molecule has 1 aromatic heterocycles. The smallest absolute Gasteiger partial charge is 0.320 e. The Balaban J connectivity index is 1.90. The summed E-state index contributed by atoms with van der Waals surface area (Å²) in [6.45, 7) is 3.31. The molecule has 1 aromatic rings. The highest BCUT2D eigenvalue weighted by Crippen LogP contribution is 2.31. The van der Waals surface area contributed by atoms with Gasteiger partial charge in [0.2, 0.25) is 11.9 Å². The average Bonchev–Trinajstić information content (AvgIpc) is 3.08. The summed E-state index contributed by atoms with van der Waals surface area (Å²) in [6, 6.07) is 2.71. The molecule has 124 valence electrons. The first-order valence-electron chi connectivity index (χ1n) is 7.53. The molecule has 2 atom stereocenters. The molecule has 8 heteroatoms. The molecule has 0 unspecified atom stereocenters. The van der Waals surface area contributed by atoms with E-state index < -0.39 is 23.8 Å². The summed E-state index contributed by atoms with van der Waals surface area (Å²) in [5, 5.41) is 2.73. The number of likely N-dealkylation sites (N-methyl/N-ethyl adjacent to an activating group) is 1. The van der Waals surface area contributed by atoms with E-state index in [-0.39, 0.29) is 0 Å². The summed E-state index contributed by atoms with van der Waals surface area (Å²) in [6.07, 6.45) is 1.50. The third-order valence-corrected chi connectivity index (χ3v) is 4.19. The number of esters is 1. The minimum Gasteiger partial charge on any atom is -0.468 e. The summed E-state index contributed by atoms with van der Waals surface area (Å²) in [5.74, 6) is -1.11. The van der Waals surface area contributed by atoms with E-state index in [1.165, 1.54) is 13.4 Å². The number of carbonyl (C=O) groups is 2. The minimum atomic E-state index is -1.04. The molecule has 2 aliphatic heterocycles. The van der Waals surface area contributed by atoms with Crippen molar-refractivity contribution >= 4 is 17.8 Å². The molecule has 0 bridgehead atoms. The molecule has 8 nitrogen and oxygen atoms in total. The number of guanidine groups is 1. The van der Waals surface area contributed by atoms with Gasteiger partial charge in [-0.2, -0.15) is 0 Å². The van der Waals surface area contributed by atoms with Crippen LogP contribution in [0.25, 0.3) is 0 Å². The quantitative estimate of drug-likeness (QED) is 0.602. The van der Waals surface area contributed by atoms with Gasteiger partial charge in [0.15, 0.2) is 5.92 Å². The van der Waals surface area contributed by atoms with Gasteiger partial charge in [-0.25, -0.2) is 4.99 Å². The highest BCUT2D eigenvalue weighted by atomic mass is 16.5. The van der Waals surface area contributed by atoms with Gasteiger partial charge in [-0.3, -0.25) is 14.9 Å².